The number of aryl methyl sites for hydroxylation is 1. The Morgan fingerprint density at radius 3 is 2.75 bits per heavy atom. The van der Waals surface area contributed by atoms with Crippen LogP contribution in [0.5, 0.6) is 5.75 Å². The van der Waals surface area contributed by atoms with E-state index in [-0.39, 0.29) is 0 Å². The van der Waals surface area contributed by atoms with Gasteiger partial charge in [-0.2, -0.15) is 0 Å². The number of benzene rings is 1. The van der Waals surface area contributed by atoms with E-state index in [1.165, 1.54) is 56.1 Å². The Morgan fingerprint density at radius 2 is 2.00 bits per heavy atom. The lowest BCUT2D eigenvalue weighted by Gasteiger charge is -2.32. The van der Waals surface area contributed by atoms with Gasteiger partial charge in [0.2, 0.25) is 0 Å². The summed E-state index contributed by atoms with van der Waals surface area (Å²) in [5.41, 5.74) is 2.75. The monoisotopic (exact) mass is 273 g/mol. The van der Waals surface area contributed by atoms with Crippen LogP contribution in [0.1, 0.15) is 69.0 Å². The Bertz CT molecular complexity index is 451. The zero-order valence-electron chi connectivity index (χ0n) is 12.6. The molecule has 0 saturated heterocycles. The third kappa shape index (κ3) is 2.85. The summed E-state index contributed by atoms with van der Waals surface area (Å²) in [6.45, 7) is 2.32. The molecule has 2 nitrogen and oxygen atoms in total. The standard InChI is InChI=1S/C18H27NO/c1-2-17(13-6-4-3-5-7-13)19-18-11-8-14-12-15(20)9-10-16(14)18/h9-10,12-13,17-20H,2-8,11H2,1H3. The van der Waals surface area contributed by atoms with Gasteiger partial charge in [0.05, 0.1) is 0 Å². The molecule has 1 saturated carbocycles. The van der Waals surface area contributed by atoms with Gasteiger partial charge in [-0.1, -0.05) is 32.3 Å². The highest BCUT2D eigenvalue weighted by atomic mass is 16.3. The van der Waals surface area contributed by atoms with Gasteiger partial charge in [0.1, 0.15) is 5.75 Å². The molecule has 0 aliphatic heterocycles. The van der Waals surface area contributed by atoms with E-state index < -0.39 is 0 Å². The lowest BCUT2D eigenvalue weighted by molar-refractivity contribution is 0.245. The van der Waals surface area contributed by atoms with E-state index in [4.69, 9.17) is 0 Å². The first kappa shape index (κ1) is 13.9. The van der Waals surface area contributed by atoms with Crippen LogP contribution in [0.15, 0.2) is 18.2 Å². The van der Waals surface area contributed by atoms with Gasteiger partial charge in [-0.25, -0.2) is 0 Å². The molecule has 20 heavy (non-hydrogen) atoms. The number of phenolic OH excluding ortho intramolecular Hbond substituents is 1. The summed E-state index contributed by atoms with van der Waals surface area (Å²) in [6.07, 6.45) is 10.6. The molecule has 1 aromatic rings. The van der Waals surface area contributed by atoms with Crippen molar-refractivity contribution >= 4 is 0 Å². The van der Waals surface area contributed by atoms with Crippen LogP contribution in [0.4, 0.5) is 0 Å². The lowest BCUT2D eigenvalue weighted by Crippen LogP contribution is -2.38. The number of phenols is 1. The minimum Gasteiger partial charge on any atom is -0.508 e. The molecule has 0 bridgehead atoms. The van der Waals surface area contributed by atoms with Crippen LogP contribution >= 0.6 is 0 Å². The van der Waals surface area contributed by atoms with Gasteiger partial charge < -0.3 is 10.4 Å². The van der Waals surface area contributed by atoms with E-state index in [0.29, 0.717) is 17.8 Å². The highest BCUT2D eigenvalue weighted by molar-refractivity contribution is 5.40. The summed E-state index contributed by atoms with van der Waals surface area (Å²) in [6, 6.07) is 7.06. The van der Waals surface area contributed by atoms with Crippen molar-refractivity contribution < 1.29 is 5.11 Å². The molecule has 2 atom stereocenters. The number of fused-ring (bicyclic) bond motifs is 1. The number of hydrogen-bond donors (Lipinski definition) is 2. The van der Waals surface area contributed by atoms with Crippen molar-refractivity contribution in [2.75, 3.05) is 0 Å². The van der Waals surface area contributed by atoms with Gasteiger partial charge in [-0.15, -0.1) is 0 Å². The first-order valence-corrected chi connectivity index (χ1v) is 8.35. The van der Waals surface area contributed by atoms with Crippen molar-refractivity contribution in [1.82, 2.24) is 5.32 Å². The van der Waals surface area contributed by atoms with Crippen molar-refractivity contribution in [3.63, 3.8) is 0 Å². The Morgan fingerprint density at radius 1 is 1.20 bits per heavy atom. The molecule has 1 fully saturated rings. The maximum atomic E-state index is 9.59. The van der Waals surface area contributed by atoms with E-state index in [0.717, 1.165) is 12.3 Å². The average molecular weight is 273 g/mol. The molecule has 3 rings (SSSR count). The first-order valence-electron chi connectivity index (χ1n) is 8.35. The molecule has 2 unspecified atom stereocenters. The van der Waals surface area contributed by atoms with Crippen LogP contribution in [0, 0.1) is 5.92 Å². The highest BCUT2D eigenvalue weighted by Crippen LogP contribution is 2.35. The molecule has 1 aromatic carbocycles. The van der Waals surface area contributed by atoms with Gasteiger partial charge in [0.15, 0.2) is 0 Å². The van der Waals surface area contributed by atoms with Crippen molar-refractivity contribution in [1.29, 1.82) is 0 Å². The zero-order valence-corrected chi connectivity index (χ0v) is 12.6. The molecule has 110 valence electrons. The van der Waals surface area contributed by atoms with Crippen LogP contribution in [0.2, 0.25) is 0 Å². The minimum absolute atomic E-state index is 0.406. The highest BCUT2D eigenvalue weighted by Gasteiger charge is 2.28. The fraction of sp³-hybridized carbons (Fsp3) is 0.667. The Hall–Kier alpha value is -1.02. The van der Waals surface area contributed by atoms with E-state index >= 15 is 0 Å². The topological polar surface area (TPSA) is 32.3 Å². The molecule has 2 heteroatoms. The summed E-state index contributed by atoms with van der Waals surface area (Å²) >= 11 is 0. The second-order valence-corrected chi connectivity index (χ2v) is 6.55. The summed E-state index contributed by atoms with van der Waals surface area (Å²) < 4.78 is 0. The van der Waals surface area contributed by atoms with E-state index in [1.54, 1.807) is 0 Å². The zero-order chi connectivity index (χ0) is 13.9. The van der Waals surface area contributed by atoms with Crippen LogP contribution in [0.25, 0.3) is 0 Å². The fourth-order valence-electron chi connectivity index (χ4n) is 4.16. The van der Waals surface area contributed by atoms with Crippen molar-refractivity contribution in [2.45, 2.75) is 70.4 Å². The van der Waals surface area contributed by atoms with Crippen LogP contribution < -0.4 is 5.32 Å². The van der Waals surface area contributed by atoms with E-state index in [2.05, 4.69) is 18.3 Å². The molecule has 2 aliphatic rings. The molecule has 0 spiro atoms. The largest absolute Gasteiger partial charge is 0.508 e. The minimum atomic E-state index is 0.406. The summed E-state index contributed by atoms with van der Waals surface area (Å²) in [5, 5.41) is 13.5. The fourth-order valence-corrected chi connectivity index (χ4v) is 4.16. The lowest BCUT2D eigenvalue weighted by atomic mass is 9.82. The SMILES string of the molecule is CCC(NC1CCc2cc(O)ccc21)C1CCCCC1. The van der Waals surface area contributed by atoms with E-state index in [1.807, 2.05) is 12.1 Å². The maximum absolute atomic E-state index is 9.59. The quantitative estimate of drug-likeness (QED) is 0.856. The number of nitrogens with one attached hydrogen (secondary N) is 1. The molecule has 0 radical (unpaired) electrons. The van der Waals surface area contributed by atoms with Crippen molar-refractivity contribution in [3.8, 4) is 5.75 Å². The molecule has 0 heterocycles. The van der Waals surface area contributed by atoms with Crippen LogP contribution in [-0.4, -0.2) is 11.1 Å². The molecule has 0 aromatic heterocycles. The second kappa shape index (κ2) is 6.17. The molecule has 0 amide bonds. The molecular weight excluding hydrogens is 246 g/mol. The average Bonchev–Trinajstić information content (AvgIpc) is 2.87. The van der Waals surface area contributed by atoms with Gasteiger partial charge >= 0.3 is 0 Å². The summed E-state index contributed by atoms with van der Waals surface area (Å²) in [7, 11) is 0. The van der Waals surface area contributed by atoms with Crippen molar-refractivity contribution in [2.24, 2.45) is 5.92 Å². The third-order valence-corrected chi connectivity index (χ3v) is 5.28. The van der Waals surface area contributed by atoms with Gasteiger partial charge in [0, 0.05) is 12.1 Å². The predicted molar refractivity (Wildman–Crippen MR) is 83.0 cm³/mol. The Kier molecular flexibility index (Phi) is 4.30. The maximum Gasteiger partial charge on any atom is 0.115 e. The molecular formula is C18H27NO. The number of hydrogen-bond acceptors (Lipinski definition) is 2. The summed E-state index contributed by atoms with van der Waals surface area (Å²) in [5.74, 6) is 1.28. The molecule has 2 aliphatic carbocycles. The molecule has 2 N–H and O–H groups in total. The van der Waals surface area contributed by atoms with Crippen molar-refractivity contribution in [3.05, 3.63) is 29.3 Å². The number of aromatic hydroxyl groups is 1. The van der Waals surface area contributed by atoms with Crippen LogP contribution in [-0.2, 0) is 6.42 Å². The van der Waals surface area contributed by atoms with Crippen LogP contribution in [0.3, 0.4) is 0 Å². The Balaban J connectivity index is 1.68. The third-order valence-electron chi connectivity index (χ3n) is 5.28. The Labute approximate surface area is 122 Å². The van der Waals surface area contributed by atoms with Gasteiger partial charge in [-0.05, 0) is 61.3 Å². The smallest absolute Gasteiger partial charge is 0.115 e. The second-order valence-electron chi connectivity index (χ2n) is 6.55. The van der Waals surface area contributed by atoms with Gasteiger partial charge in [-0.3, -0.25) is 0 Å². The number of rotatable bonds is 4. The normalized spacial score (nSPS) is 24.6. The summed E-state index contributed by atoms with van der Waals surface area (Å²) in [4.78, 5) is 0. The predicted octanol–water partition coefficient (Wildman–Crippen LogP) is 4.33. The first-order chi connectivity index (χ1) is 9.78. The van der Waals surface area contributed by atoms with Gasteiger partial charge in [0.25, 0.3) is 0 Å². The van der Waals surface area contributed by atoms with E-state index in [9.17, 15) is 5.11 Å².